The van der Waals surface area contributed by atoms with Gasteiger partial charge in [0.2, 0.25) is 0 Å². The Morgan fingerprint density at radius 3 is 2.35 bits per heavy atom. The third kappa shape index (κ3) is 5.86. The lowest BCUT2D eigenvalue weighted by Gasteiger charge is -2.26. The molecule has 2 aromatic carbocycles. The van der Waals surface area contributed by atoms with Crippen molar-refractivity contribution in [3.8, 4) is 17.2 Å². The fraction of sp³-hybridized carbons (Fsp3) is 0.250. The van der Waals surface area contributed by atoms with Crippen LogP contribution in [0.15, 0.2) is 71.4 Å². The van der Waals surface area contributed by atoms with E-state index < -0.39 is 12.0 Å². The number of halogens is 3. The number of allylic oxidation sites excluding steroid dienone is 1. The Morgan fingerprint density at radius 1 is 1.10 bits per heavy atom. The molecule has 0 unspecified atom stereocenters. The summed E-state index contributed by atoms with van der Waals surface area (Å²) in [5, 5.41) is 0. The minimum Gasteiger partial charge on any atom is -0.493 e. The molecule has 1 atom stereocenters. The lowest BCUT2D eigenvalue weighted by Crippen LogP contribution is -2.40. The fourth-order valence-corrected chi connectivity index (χ4v) is 7.30. The molecule has 0 bridgehead atoms. The second-order valence-corrected chi connectivity index (χ2v) is 12.0. The molecule has 8 nitrogen and oxygen atoms in total. The van der Waals surface area contributed by atoms with Gasteiger partial charge in [-0.1, -0.05) is 39.9 Å². The van der Waals surface area contributed by atoms with E-state index in [0.29, 0.717) is 48.9 Å². The van der Waals surface area contributed by atoms with Crippen LogP contribution in [0, 0.1) is 0 Å². The number of esters is 1. The second kappa shape index (κ2) is 12.9. The fourth-order valence-electron chi connectivity index (χ4n) is 4.26. The van der Waals surface area contributed by atoms with Crippen molar-refractivity contribution in [2.75, 3.05) is 27.4 Å². The third-order valence-corrected chi connectivity index (χ3v) is 8.83. The van der Waals surface area contributed by atoms with Crippen molar-refractivity contribution in [2.45, 2.75) is 19.9 Å². The van der Waals surface area contributed by atoms with Gasteiger partial charge in [0.25, 0.3) is 5.56 Å². The predicted octanol–water partition coefficient (Wildman–Crippen LogP) is 5.67. The normalized spacial score (nSPS) is 14.9. The molecule has 0 saturated heterocycles. The van der Waals surface area contributed by atoms with E-state index in [9.17, 15) is 9.59 Å². The molecule has 4 rings (SSSR count). The molecule has 2 heterocycles. The number of hydrogen-bond acceptors (Lipinski definition) is 8. The number of hydrogen-bond donors (Lipinski definition) is 0. The molecule has 1 aliphatic rings. The standard InChI is InChI=1S/C28H25Br3N2O6S/c1-6-8-39-25-18(30)9-15(10-19(25)31)11-22-26(34)33-24(16-12-20(36-4)21(37-5)13-17(16)29)23(27(35)38-7-2)14(3)32-28(33)40-22/h6,9-13,24H,1,7-8H2,2-5H3/b22-11-/t24-/m0/s1. The lowest BCUT2D eigenvalue weighted by molar-refractivity contribution is -0.139. The first kappa shape index (κ1) is 30.3. The summed E-state index contributed by atoms with van der Waals surface area (Å²) in [5.41, 5.74) is 1.82. The van der Waals surface area contributed by atoms with Crippen molar-refractivity contribution in [3.63, 3.8) is 0 Å². The number of benzene rings is 2. The zero-order valence-corrected chi connectivity index (χ0v) is 27.6. The van der Waals surface area contributed by atoms with Crippen LogP contribution in [0.3, 0.4) is 0 Å². The Morgan fingerprint density at radius 2 is 1.75 bits per heavy atom. The van der Waals surface area contributed by atoms with E-state index >= 15 is 0 Å². The van der Waals surface area contributed by atoms with Gasteiger partial charge in [-0.3, -0.25) is 9.36 Å². The second-order valence-electron chi connectivity index (χ2n) is 8.44. The van der Waals surface area contributed by atoms with Crippen LogP contribution in [0.1, 0.15) is 31.0 Å². The van der Waals surface area contributed by atoms with E-state index in [1.54, 1.807) is 38.1 Å². The summed E-state index contributed by atoms with van der Waals surface area (Å²) in [6.07, 6.45) is 3.44. The van der Waals surface area contributed by atoms with Crippen LogP contribution in [-0.4, -0.2) is 38.0 Å². The Hall–Kier alpha value is -2.67. The summed E-state index contributed by atoms with van der Waals surface area (Å²) in [4.78, 5) is 32.3. The first-order valence-corrected chi connectivity index (χ1v) is 15.2. The molecular weight excluding hydrogens is 732 g/mol. The number of rotatable bonds is 9. The van der Waals surface area contributed by atoms with E-state index in [0.717, 1.165) is 14.5 Å². The molecular formula is C28H25Br3N2O6S. The molecule has 3 aromatic rings. The largest absolute Gasteiger partial charge is 0.493 e. The Kier molecular flexibility index (Phi) is 9.76. The Balaban J connectivity index is 1.96. The highest BCUT2D eigenvalue weighted by atomic mass is 79.9. The van der Waals surface area contributed by atoms with Crippen LogP contribution in [0.5, 0.6) is 17.2 Å². The minimum atomic E-state index is -0.820. The zero-order chi connectivity index (χ0) is 29.1. The van der Waals surface area contributed by atoms with E-state index in [-0.39, 0.29) is 17.7 Å². The van der Waals surface area contributed by atoms with Crippen molar-refractivity contribution in [2.24, 2.45) is 4.99 Å². The Labute approximate surface area is 260 Å². The average Bonchev–Trinajstić information content (AvgIpc) is 3.21. The first-order chi connectivity index (χ1) is 19.1. The van der Waals surface area contributed by atoms with Gasteiger partial charge in [-0.2, -0.15) is 0 Å². The van der Waals surface area contributed by atoms with Gasteiger partial charge in [0, 0.05) is 4.47 Å². The molecule has 0 aliphatic carbocycles. The maximum atomic E-state index is 14.0. The molecule has 0 spiro atoms. The highest BCUT2D eigenvalue weighted by molar-refractivity contribution is 9.11. The number of thiazole rings is 1. The summed E-state index contributed by atoms with van der Waals surface area (Å²) in [6.45, 7) is 7.67. The number of methoxy groups -OCH3 is 2. The number of fused-ring (bicyclic) bond motifs is 1. The minimum absolute atomic E-state index is 0.177. The van der Waals surface area contributed by atoms with Gasteiger partial charge in [-0.15, -0.1) is 0 Å². The molecule has 0 radical (unpaired) electrons. The number of carbonyl (C=O) groups is 1. The molecule has 0 saturated carbocycles. The summed E-state index contributed by atoms with van der Waals surface area (Å²) in [5.74, 6) is 1.04. The van der Waals surface area contributed by atoms with Crippen molar-refractivity contribution in [3.05, 3.63) is 92.4 Å². The summed E-state index contributed by atoms with van der Waals surface area (Å²) in [6, 6.07) is 6.39. The van der Waals surface area contributed by atoms with Gasteiger partial charge < -0.3 is 18.9 Å². The highest BCUT2D eigenvalue weighted by Gasteiger charge is 2.35. The van der Waals surface area contributed by atoms with Crippen LogP contribution >= 0.6 is 59.1 Å². The van der Waals surface area contributed by atoms with Gasteiger partial charge in [-0.25, -0.2) is 9.79 Å². The number of carbonyl (C=O) groups excluding carboxylic acids is 1. The number of ether oxygens (including phenoxy) is 4. The lowest BCUT2D eigenvalue weighted by atomic mass is 9.95. The molecule has 0 fully saturated rings. The van der Waals surface area contributed by atoms with Gasteiger partial charge in [0.05, 0.1) is 51.6 Å². The van der Waals surface area contributed by atoms with Crippen LogP contribution in [0.25, 0.3) is 6.08 Å². The number of aromatic nitrogens is 1. The van der Waals surface area contributed by atoms with Gasteiger partial charge in [0.1, 0.15) is 12.4 Å². The van der Waals surface area contributed by atoms with E-state index in [2.05, 4.69) is 59.4 Å². The van der Waals surface area contributed by atoms with Crippen LogP contribution < -0.4 is 29.1 Å². The quantitative estimate of drug-likeness (QED) is 0.207. The zero-order valence-electron chi connectivity index (χ0n) is 22.0. The van der Waals surface area contributed by atoms with Crippen molar-refractivity contribution >= 4 is 71.2 Å². The van der Waals surface area contributed by atoms with Gasteiger partial charge in [0.15, 0.2) is 16.3 Å². The van der Waals surface area contributed by atoms with Crippen LogP contribution in [0.4, 0.5) is 0 Å². The molecule has 210 valence electrons. The monoisotopic (exact) mass is 754 g/mol. The third-order valence-electron chi connectivity index (χ3n) is 5.98. The predicted molar refractivity (Wildman–Crippen MR) is 165 cm³/mol. The van der Waals surface area contributed by atoms with Crippen LogP contribution in [0.2, 0.25) is 0 Å². The maximum Gasteiger partial charge on any atom is 0.338 e. The molecule has 0 N–H and O–H groups in total. The average molecular weight is 757 g/mol. The van der Waals surface area contributed by atoms with E-state index in [1.807, 2.05) is 12.1 Å². The summed E-state index contributed by atoms with van der Waals surface area (Å²) >= 11 is 11.9. The van der Waals surface area contributed by atoms with E-state index in [4.69, 9.17) is 18.9 Å². The Bertz CT molecular complexity index is 1690. The van der Waals surface area contributed by atoms with Gasteiger partial charge in [-0.05, 0) is 87.2 Å². The molecule has 1 aliphatic heterocycles. The summed E-state index contributed by atoms with van der Waals surface area (Å²) in [7, 11) is 3.06. The molecule has 0 amide bonds. The highest BCUT2D eigenvalue weighted by Crippen LogP contribution is 2.41. The maximum absolute atomic E-state index is 14.0. The molecule has 12 heteroatoms. The smallest absolute Gasteiger partial charge is 0.338 e. The molecule has 40 heavy (non-hydrogen) atoms. The summed E-state index contributed by atoms with van der Waals surface area (Å²) < 4.78 is 26.1. The van der Waals surface area contributed by atoms with Crippen molar-refractivity contribution in [1.29, 1.82) is 0 Å². The van der Waals surface area contributed by atoms with E-state index in [1.165, 1.54) is 30.1 Å². The topological polar surface area (TPSA) is 88.3 Å². The van der Waals surface area contributed by atoms with Crippen molar-refractivity contribution < 1.29 is 23.7 Å². The number of nitrogens with zero attached hydrogens (tertiary/aromatic N) is 2. The van der Waals surface area contributed by atoms with Crippen molar-refractivity contribution in [1.82, 2.24) is 4.57 Å². The SMILES string of the molecule is C=CCOc1c(Br)cc(/C=c2\sc3n(c2=O)[C@@H](c2cc(OC)c(OC)cc2Br)C(C(=O)OCC)=C(C)N=3)cc1Br. The van der Waals surface area contributed by atoms with Gasteiger partial charge >= 0.3 is 5.97 Å². The molecule has 1 aromatic heterocycles. The first-order valence-electron chi connectivity index (χ1n) is 12.0. The van der Waals surface area contributed by atoms with Crippen LogP contribution in [-0.2, 0) is 9.53 Å².